The fourth-order valence-corrected chi connectivity index (χ4v) is 4.88. The Bertz CT molecular complexity index is 756. The van der Waals surface area contributed by atoms with Crippen LogP contribution in [0.4, 0.5) is 0 Å². The van der Waals surface area contributed by atoms with Crippen molar-refractivity contribution < 1.29 is 14.6 Å². The second kappa shape index (κ2) is 7.35. The number of rotatable bonds is 4. The Labute approximate surface area is 162 Å². The molecule has 3 N–H and O–H groups in total. The number of aliphatic hydroxyl groups excluding tert-OH is 1. The Morgan fingerprint density at radius 1 is 1.48 bits per heavy atom. The molecule has 2 aromatic rings. The Balaban J connectivity index is 1.42. The lowest BCUT2D eigenvalue weighted by Gasteiger charge is -2.53. The molecular weight excluding hydrogens is 364 g/mol. The number of amides is 1. The number of thiazole rings is 1. The number of hydrogen-bond donors (Lipinski definition) is 3. The first-order valence-electron chi connectivity index (χ1n) is 9.38. The van der Waals surface area contributed by atoms with E-state index in [1.807, 2.05) is 18.6 Å². The molecule has 146 valence electrons. The number of ether oxygens (including phenoxy) is 1. The number of nitrogens with one attached hydrogen (secondary N) is 2. The van der Waals surface area contributed by atoms with Gasteiger partial charge in [-0.05, 0) is 38.3 Å². The molecule has 2 fully saturated rings. The number of H-pyrrole nitrogens is 1. The molecule has 2 aliphatic heterocycles. The molecule has 1 spiro atoms. The molecule has 0 unspecified atom stereocenters. The summed E-state index contributed by atoms with van der Waals surface area (Å²) in [5, 5.41) is 14.3. The summed E-state index contributed by atoms with van der Waals surface area (Å²) in [7, 11) is 0. The zero-order valence-corrected chi connectivity index (χ0v) is 16.3. The highest BCUT2D eigenvalue weighted by molar-refractivity contribution is 7.09. The van der Waals surface area contributed by atoms with E-state index in [-0.39, 0.29) is 5.91 Å². The van der Waals surface area contributed by atoms with Crippen LogP contribution in [0.3, 0.4) is 0 Å². The molecule has 0 saturated carbocycles. The highest BCUT2D eigenvalue weighted by Crippen LogP contribution is 2.40. The van der Waals surface area contributed by atoms with Crippen molar-refractivity contribution in [1.29, 1.82) is 0 Å². The third-order valence-electron chi connectivity index (χ3n) is 5.92. The van der Waals surface area contributed by atoms with Gasteiger partial charge in [0, 0.05) is 43.5 Å². The first-order valence-corrected chi connectivity index (χ1v) is 10.3. The summed E-state index contributed by atoms with van der Waals surface area (Å²) in [5.74, 6) is -0.193. The SMILES string of the molecule is C[C@]1(NC(=O)c2ccc[nH]2)CCOC2(CCN(Cc3cncs3)CC2)[C@@H]1O. The van der Waals surface area contributed by atoms with Crippen molar-refractivity contribution >= 4 is 17.2 Å². The summed E-state index contributed by atoms with van der Waals surface area (Å²) in [4.78, 5) is 23.2. The number of aromatic amines is 1. The van der Waals surface area contributed by atoms with Crippen molar-refractivity contribution in [3.05, 3.63) is 40.6 Å². The molecule has 2 aromatic heterocycles. The van der Waals surface area contributed by atoms with Gasteiger partial charge in [0.15, 0.2) is 0 Å². The Morgan fingerprint density at radius 2 is 2.30 bits per heavy atom. The Kier molecular flexibility index (Phi) is 5.07. The maximum atomic E-state index is 12.5. The van der Waals surface area contributed by atoms with Crippen molar-refractivity contribution in [1.82, 2.24) is 20.2 Å². The molecule has 2 atom stereocenters. The van der Waals surface area contributed by atoms with E-state index in [1.165, 1.54) is 4.88 Å². The highest BCUT2D eigenvalue weighted by atomic mass is 32.1. The number of hydrogen-bond acceptors (Lipinski definition) is 6. The van der Waals surface area contributed by atoms with Crippen molar-refractivity contribution in [2.75, 3.05) is 19.7 Å². The molecule has 1 amide bonds. The second-order valence-electron chi connectivity index (χ2n) is 7.77. The molecule has 0 radical (unpaired) electrons. The fourth-order valence-electron chi connectivity index (χ4n) is 4.24. The quantitative estimate of drug-likeness (QED) is 0.740. The molecule has 2 aliphatic rings. The van der Waals surface area contributed by atoms with E-state index in [1.54, 1.807) is 29.7 Å². The van der Waals surface area contributed by atoms with E-state index < -0.39 is 17.2 Å². The van der Waals surface area contributed by atoms with Gasteiger partial charge < -0.3 is 20.1 Å². The molecule has 0 bridgehead atoms. The molecule has 4 heterocycles. The van der Waals surface area contributed by atoms with Gasteiger partial charge in [-0.25, -0.2) is 0 Å². The molecule has 7 nitrogen and oxygen atoms in total. The van der Waals surface area contributed by atoms with Crippen LogP contribution in [-0.2, 0) is 11.3 Å². The summed E-state index contributed by atoms with van der Waals surface area (Å²) in [6, 6.07) is 3.52. The van der Waals surface area contributed by atoms with Gasteiger partial charge in [-0.1, -0.05) is 0 Å². The zero-order valence-electron chi connectivity index (χ0n) is 15.5. The number of carbonyl (C=O) groups excluding carboxylic acids is 1. The maximum absolute atomic E-state index is 12.5. The lowest BCUT2D eigenvalue weighted by Crippen LogP contribution is -2.69. The van der Waals surface area contributed by atoms with Crippen molar-refractivity contribution in [3.63, 3.8) is 0 Å². The number of likely N-dealkylation sites (tertiary alicyclic amines) is 1. The standard InChI is InChI=1S/C19H26N4O3S/c1-18(22-16(24)15-3-2-7-21-15)6-10-26-19(17(18)25)4-8-23(9-5-19)12-14-11-20-13-27-14/h2-3,7,11,13,17,21,25H,4-6,8-10,12H2,1H3,(H,22,24)/t17-,18+/m1/s1. The number of carbonyl (C=O) groups is 1. The van der Waals surface area contributed by atoms with E-state index >= 15 is 0 Å². The van der Waals surface area contributed by atoms with Gasteiger partial charge in [-0.15, -0.1) is 11.3 Å². The summed E-state index contributed by atoms with van der Waals surface area (Å²) in [6.07, 6.45) is 4.98. The predicted molar refractivity (Wildman–Crippen MR) is 103 cm³/mol. The first-order chi connectivity index (χ1) is 13.0. The van der Waals surface area contributed by atoms with Gasteiger partial charge in [0.05, 0.1) is 16.7 Å². The van der Waals surface area contributed by atoms with Crippen molar-refractivity contribution in [2.24, 2.45) is 0 Å². The predicted octanol–water partition coefficient (Wildman–Crippen LogP) is 1.78. The average Bonchev–Trinajstić information content (AvgIpc) is 3.36. The first kappa shape index (κ1) is 18.6. The van der Waals surface area contributed by atoms with Gasteiger partial charge in [-0.2, -0.15) is 0 Å². The number of piperidine rings is 1. The molecule has 2 saturated heterocycles. The highest BCUT2D eigenvalue weighted by Gasteiger charge is 2.53. The molecule has 0 aromatic carbocycles. The van der Waals surface area contributed by atoms with Crippen LogP contribution in [0.1, 0.15) is 41.6 Å². The summed E-state index contributed by atoms with van der Waals surface area (Å²) < 4.78 is 6.12. The third kappa shape index (κ3) is 3.67. The van der Waals surface area contributed by atoms with Crippen LogP contribution in [0.25, 0.3) is 0 Å². The van der Waals surface area contributed by atoms with Crippen LogP contribution < -0.4 is 5.32 Å². The lowest BCUT2D eigenvalue weighted by molar-refractivity contribution is -0.205. The minimum absolute atomic E-state index is 0.193. The van der Waals surface area contributed by atoms with Gasteiger partial charge in [0.2, 0.25) is 0 Å². The van der Waals surface area contributed by atoms with E-state index in [0.29, 0.717) is 18.7 Å². The Hall–Kier alpha value is -1.74. The Morgan fingerprint density at radius 3 is 2.96 bits per heavy atom. The number of nitrogens with zero attached hydrogens (tertiary/aromatic N) is 2. The molecule has 4 rings (SSSR count). The van der Waals surface area contributed by atoms with E-state index in [9.17, 15) is 9.90 Å². The summed E-state index contributed by atoms with van der Waals surface area (Å²) in [6.45, 7) is 5.06. The van der Waals surface area contributed by atoms with E-state index in [0.717, 1.165) is 32.5 Å². The lowest BCUT2D eigenvalue weighted by atomic mass is 9.73. The largest absolute Gasteiger partial charge is 0.388 e. The topological polar surface area (TPSA) is 90.5 Å². The van der Waals surface area contributed by atoms with Gasteiger partial charge in [0.25, 0.3) is 5.91 Å². The molecular formula is C19H26N4O3S. The number of aromatic nitrogens is 2. The normalized spacial score (nSPS) is 28.3. The van der Waals surface area contributed by atoms with E-state index in [4.69, 9.17) is 4.74 Å². The van der Waals surface area contributed by atoms with E-state index in [2.05, 4.69) is 20.2 Å². The van der Waals surface area contributed by atoms with Crippen LogP contribution in [-0.4, -0.2) is 62.8 Å². The summed E-state index contributed by atoms with van der Waals surface area (Å²) >= 11 is 1.67. The van der Waals surface area contributed by atoms with Crippen molar-refractivity contribution in [2.45, 2.75) is 50.0 Å². The van der Waals surface area contributed by atoms with Crippen LogP contribution >= 0.6 is 11.3 Å². The molecule has 8 heteroatoms. The van der Waals surface area contributed by atoms with Gasteiger partial charge >= 0.3 is 0 Å². The third-order valence-corrected chi connectivity index (χ3v) is 6.68. The van der Waals surface area contributed by atoms with Gasteiger partial charge in [0.1, 0.15) is 11.8 Å². The van der Waals surface area contributed by atoms with Gasteiger partial charge in [-0.3, -0.25) is 14.7 Å². The molecule has 27 heavy (non-hydrogen) atoms. The van der Waals surface area contributed by atoms with Crippen molar-refractivity contribution in [3.8, 4) is 0 Å². The fraction of sp³-hybridized carbons (Fsp3) is 0.579. The smallest absolute Gasteiger partial charge is 0.268 e. The van der Waals surface area contributed by atoms with Crippen LogP contribution in [0, 0.1) is 0 Å². The summed E-state index contributed by atoms with van der Waals surface area (Å²) in [5.41, 5.74) is 1.05. The second-order valence-corrected chi connectivity index (χ2v) is 8.74. The number of aliphatic hydroxyl groups is 1. The maximum Gasteiger partial charge on any atom is 0.268 e. The minimum atomic E-state index is -0.747. The average molecular weight is 391 g/mol. The van der Waals surface area contributed by atoms with Crippen LogP contribution in [0.15, 0.2) is 30.0 Å². The van der Waals surface area contributed by atoms with Crippen LogP contribution in [0.2, 0.25) is 0 Å². The van der Waals surface area contributed by atoms with Crippen LogP contribution in [0.5, 0.6) is 0 Å². The minimum Gasteiger partial charge on any atom is -0.388 e. The molecule has 0 aliphatic carbocycles. The zero-order chi connectivity index (χ0) is 18.9. The monoisotopic (exact) mass is 390 g/mol.